The highest BCUT2D eigenvalue weighted by Gasteiger charge is 2.15. The number of rotatable bonds is 6. The molecule has 0 heterocycles. The molecule has 8 heteroatoms. The van der Waals surface area contributed by atoms with E-state index in [4.69, 9.17) is 9.88 Å². The first-order valence-corrected chi connectivity index (χ1v) is 8.30. The van der Waals surface area contributed by atoms with Crippen LogP contribution in [0, 0.1) is 0 Å². The summed E-state index contributed by atoms with van der Waals surface area (Å²) >= 11 is 3.16. The summed E-state index contributed by atoms with van der Waals surface area (Å²) in [5, 5.41) is 7.78. The van der Waals surface area contributed by atoms with Gasteiger partial charge in [-0.1, -0.05) is 15.9 Å². The number of carbonyl (C=O) groups is 1. The number of nitrogens with one attached hydrogen (secondary N) is 1. The molecule has 0 saturated carbocycles. The molecule has 20 heavy (non-hydrogen) atoms. The summed E-state index contributed by atoms with van der Waals surface area (Å²) in [4.78, 5) is 11.9. The SMILES string of the molecule is CCOCC(C)NC(=O)c1cc(Br)cc(S(N)(=O)=O)c1. The average Bonchev–Trinajstić information content (AvgIpc) is 2.34. The molecule has 0 aliphatic carbocycles. The third-order valence-electron chi connectivity index (χ3n) is 2.41. The van der Waals surface area contributed by atoms with Crippen LogP contribution >= 0.6 is 15.9 Å². The topological polar surface area (TPSA) is 98.5 Å². The van der Waals surface area contributed by atoms with Gasteiger partial charge in [-0.25, -0.2) is 13.6 Å². The van der Waals surface area contributed by atoms with Crippen LogP contribution in [-0.2, 0) is 14.8 Å². The Balaban J connectivity index is 2.91. The van der Waals surface area contributed by atoms with Crippen LogP contribution in [0.5, 0.6) is 0 Å². The fourth-order valence-corrected chi connectivity index (χ4v) is 2.73. The van der Waals surface area contributed by atoms with E-state index in [1.54, 1.807) is 6.92 Å². The highest BCUT2D eigenvalue weighted by Crippen LogP contribution is 2.18. The van der Waals surface area contributed by atoms with Gasteiger partial charge in [0.1, 0.15) is 0 Å². The van der Waals surface area contributed by atoms with Crippen LogP contribution in [-0.4, -0.2) is 33.6 Å². The number of nitrogens with two attached hydrogens (primary N) is 1. The standard InChI is InChI=1S/C12H17BrN2O4S/c1-3-19-7-8(2)15-12(16)9-4-10(13)6-11(5-9)20(14,17)18/h4-6,8H,3,7H2,1-2H3,(H,15,16)(H2,14,17,18). The molecule has 1 atom stereocenters. The normalized spacial score (nSPS) is 13.0. The van der Waals surface area contributed by atoms with Crippen molar-refractivity contribution in [1.82, 2.24) is 5.32 Å². The molecule has 0 saturated heterocycles. The van der Waals surface area contributed by atoms with Crippen molar-refractivity contribution in [1.29, 1.82) is 0 Å². The molecule has 3 N–H and O–H groups in total. The molecule has 1 rings (SSSR count). The molecule has 1 aromatic rings. The summed E-state index contributed by atoms with van der Waals surface area (Å²) in [7, 11) is -3.86. The lowest BCUT2D eigenvalue weighted by Gasteiger charge is -2.14. The fraction of sp³-hybridized carbons (Fsp3) is 0.417. The lowest BCUT2D eigenvalue weighted by molar-refractivity contribution is 0.0871. The number of primary sulfonamides is 1. The zero-order chi connectivity index (χ0) is 15.3. The Labute approximate surface area is 126 Å². The van der Waals surface area contributed by atoms with E-state index in [9.17, 15) is 13.2 Å². The van der Waals surface area contributed by atoms with E-state index in [2.05, 4.69) is 21.2 Å². The lowest BCUT2D eigenvalue weighted by Crippen LogP contribution is -2.36. The van der Waals surface area contributed by atoms with E-state index in [0.717, 1.165) is 0 Å². The monoisotopic (exact) mass is 364 g/mol. The van der Waals surface area contributed by atoms with Gasteiger partial charge in [-0.2, -0.15) is 0 Å². The quantitative estimate of drug-likeness (QED) is 0.793. The fourth-order valence-electron chi connectivity index (χ4n) is 1.50. The van der Waals surface area contributed by atoms with Crippen LogP contribution in [0.2, 0.25) is 0 Å². The van der Waals surface area contributed by atoms with Crippen molar-refractivity contribution in [2.45, 2.75) is 24.8 Å². The van der Waals surface area contributed by atoms with Crippen molar-refractivity contribution < 1.29 is 17.9 Å². The predicted molar refractivity (Wildman–Crippen MR) is 78.9 cm³/mol. The third kappa shape index (κ3) is 5.20. The number of carbonyl (C=O) groups excluding carboxylic acids is 1. The molecule has 1 amide bonds. The van der Waals surface area contributed by atoms with Gasteiger partial charge in [0, 0.05) is 22.7 Å². The summed E-state index contributed by atoms with van der Waals surface area (Å²) in [5.74, 6) is -0.386. The van der Waals surface area contributed by atoms with Crippen molar-refractivity contribution >= 4 is 31.9 Å². The zero-order valence-corrected chi connectivity index (χ0v) is 13.6. The molecular weight excluding hydrogens is 348 g/mol. The lowest BCUT2D eigenvalue weighted by atomic mass is 10.2. The molecule has 0 spiro atoms. The second-order valence-corrected chi connectivity index (χ2v) is 6.73. The van der Waals surface area contributed by atoms with Gasteiger partial charge in [0.15, 0.2) is 0 Å². The number of hydrogen-bond acceptors (Lipinski definition) is 4. The van der Waals surface area contributed by atoms with E-state index < -0.39 is 10.0 Å². The molecule has 0 aliphatic rings. The predicted octanol–water partition coefficient (Wildman–Crippen LogP) is 1.25. The smallest absolute Gasteiger partial charge is 0.251 e. The van der Waals surface area contributed by atoms with E-state index in [1.807, 2.05) is 6.92 Å². The number of sulfonamides is 1. The van der Waals surface area contributed by atoms with Crippen molar-refractivity contribution in [3.8, 4) is 0 Å². The number of benzene rings is 1. The maximum Gasteiger partial charge on any atom is 0.251 e. The number of amides is 1. The Kier molecular flexibility index (Phi) is 6.12. The molecule has 6 nitrogen and oxygen atoms in total. The minimum absolute atomic E-state index is 0.116. The van der Waals surface area contributed by atoms with Gasteiger partial charge >= 0.3 is 0 Å². The number of halogens is 1. The summed E-state index contributed by atoms with van der Waals surface area (Å²) < 4.78 is 28.3. The van der Waals surface area contributed by atoms with Crippen molar-refractivity contribution in [3.63, 3.8) is 0 Å². The summed E-state index contributed by atoms with van der Waals surface area (Å²) in [6.45, 7) is 4.61. The average molecular weight is 365 g/mol. The largest absolute Gasteiger partial charge is 0.380 e. The Bertz CT molecular complexity index is 589. The van der Waals surface area contributed by atoms with Crippen LogP contribution in [0.1, 0.15) is 24.2 Å². The van der Waals surface area contributed by atoms with Gasteiger partial charge < -0.3 is 10.1 Å². The van der Waals surface area contributed by atoms with Crippen LogP contribution in [0.4, 0.5) is 0 Å². The molecule has 1 aromatic carbocycles. The summed E-state index contributed by atoms with van der Waals surface area (Å²) in [5.41, 5.74) is 0.215. The van der Waals surface area contributed by atoms with E-state index in [0.29, 0.717) is 17.7 Å². The second-order valence-electron chi connectivity index (χ2n) is 4.25. The van der Waals surface area contributed by atoms with Crippen molar-refractivity contribution in [3.05, 3.63) is 28.2 Å². The molecule has 0 bridgehead atoms. The van der Waals surface area contributed by atoms with Gasteiger partial charge in [0.2, 0.25) is 10.0 Å². The summed E-state index contributed by atoms with van der Waals surface area (Å²) in [6, 6.07) is 3.93. The van der Waals surface area contributed by atoms with Crippen LogP contribution in [0.3, 0.4) is 0 Å². The molecule has 0 fully saturated rings. The van der Waals surface area contributed by atoms with E-state index in [-0.39, 0.29) is 22.4 Å². The Morgan fingerprint density at radius 3 is 2.65 bits per heavy atom. The Morgan fingerprint density at radius 1 is 1.45 bits per heavy atom. The molecule has 0 radical (unpaired) electrons. The van der Waals surface area contributed by atoms with Crippen LogP contribution in [0.25, 0.3) is 0 Å². The zero-order valence-electron chi connectivity index (χ0n) is 11.2. The minimum Gasteiger partial charge on any atom is -0.380 e. The summed E-state index contributed by atoms with van der Waals surface area (Å²) in [6.07, 6.45) is 0. The van der Waals surface area contributed by atoms with Crippen molar-refractivity contribution in [2.24, 2.45) is 5.14 Å². The van der Waals surface area contributed by atoms with Crippen LogP contribution in [0.15, 0.2) is 27.6 Å². The van der Waals surface area contributed by atoms with Gasteiger partial charge in [-0.05, 0) is 32.0 Å². The molecule has 0 aromatic heterocycles. The molecule has 1 unspecified atom stereocenters. The van der Waals surface area contributed by atoms with E-state index in [1.165, 1.54) is 18.2 Å². The molecule has 112 valence electrons. The van der Waals surface area contributed by atoms with Gasteiger partial charge in [0.25, 0.3) is 5.91 Å². The third-order valence-corrected chi connectivity index (χ3v) is 3.76. The number of ether oxygens (including phenoxy) is 1. The molecule has 0 aliphatic heterocycles. The number of hydrogen-bond donors (Lipinski definition) is 2. The first-order valence-electron chi connectivity index (χ1n) is 5.96. The molecular formula is C12H17BrN2O4S. The minimum atomic E-state index is -3.86. The maximum atomic E-state index is 12.0. The first kappa shape index (κ1) is 17.1. The van der Waals surface area contributed by atoms with Gasteiger partial charge in [-0.15, -0.1) is 0 Å². The highest BCUT2D eigenvalue weighted by molar-refractivity contribution is 9.10. The van der Waals surface area contributed by atoms with Gasteiger partial charge in [-0.3, -0.25) is 4.79 Å². The van der Waals surface area contributed by atoms with E-state index >= 15 is 0 Å². The maximum absolute atomic E-state index is 12.0. The first-order chi connectivity index (χ1) is 9.24. The van der Waals surface area contributed by atoms with Crippen molar-refractivity contribution in [2.75, 3.05) is 13.2 Å². The Hall–Kier alpha value is -0.960. The van der Waals surface area contributed by atoms with Crippen LogP contribution < -0.4 is 10.5 Å². The van der Waals surface area contributed by atoms with Gasteiger partial charge in [0.05, 0.1) is 11.5 Å². The Morgan fingerprint density at radius 2 is 2.10 bits per heavy atom. The highest BCUT2D eigenvalue weighted by atomic mass is 79.9. The second kappa shape index (κ2) is 7.16.